The van der Waals surface area contributed by atoms with Gasteiger partial charge in [0.1, 0.15) is 11.5 Å². The molecule has 0 radical (unpaired) electrons. The van der Waals surface area contributed by atoms with Crippen molar-refractivity contribution in [2.24, 2.45) is 0 Å². The van der Waals surface area contributed by atoms with Gasteiger partial charge in [-0.05, 0) is 82.6 Å². The van der Waals surface area contributed by atoms with E-state index in [4.69, 9.17) is 9.47 Å². The molecule has 1 aliphatic carbocycles. The molecule has 0 saturated heterocycles. The maximum absolute atomic E-state index is 5.74. The van der Waals surface area contributed by atoms with E-state index in [1.165, 1.54) is 57.0 Å². The SMILES string of the molecule is C=COc1ccc(C)c(C2(c3cc(OC=C)ccc3C)c3ccccc3-c3ccccc32)c1. The fourth-order valence-corrected chi connectivity index (χ4v) is 5.31. The number of fused-ring (bicyclic) bond motifs is 3. The lowest BCUT2D eigenvalue weighted by Crippen LogP contribution is -2.30. The van der Waals surface area contributed by atoms with Crippen LogP contribution in [0.4, 0.5) is 0 Å². The van der Waals surface area contributed by atoms with Crippen molar-refractivity contribution in [1.29, 1.82) is 0 Å². The summed E-state index contributed by atoms with van der Waals surface area (Å²) in [4.78, 5) is 0. The van der Waals surface area contributed by atoms with E-state index in [9.17, 15) is 0 Å². The second-order valence-corrected chi connectivity index (χ2v) is 8.36. The zero-order valence-corrected chi connectivity index (χ0v) is 19.0. The average molecular weight is 431 g/mol. The lowest BCUT2D eigenvalue weighted by molar-refractivity contribution is 0.480. The first-order chi connectivity index (χ1) is 16.1. The van der Waals surface area contributed by atoms with Crippen LogP contribution < -0.4 is 9.47 Å². The second kappa shape index (κ2) is 8.14. The molecular weight excluding hydrogens is 404 g/mol. The van der Waals surface area contributed by atoms with Gasteiger partial charge in [-0.1, -0.05) is 73.8 Å². The first-order valence-corrected chi connectivity index (χ1v) is 11.1. The van der Waals surface area contributed by atoms with Crippen LogP contribution in [0.25, 0.3) is 11.1 Å². The average Bonchev–Trinajstić information content (AvgIpc) is 3.13. The Morgan fingerprint density at radius 3 is 1.42 bits per heavy atom. The Hall–Kier alpha value is -4.04. The molecule has 162 valence electrons. The van der Waals surface area contributed by atoms with Crippen LogP contribution in [0.3, 0.4) is 0 Å². The van der Waals surface area contributed by atoms with Crippen LogP contribution in [0.1, 0.15) is 33.4 Å². The molecule has 0 aliphatic heterocycles. The monoisotopic (exact) mass is 430 g/mol. The molecular formula is C31H26O2. The van der Waals surface area contributed by atoms with Crippen molar-refractivity contribution in [3.8, 4) is 22.6 Å². The summed E-state index contributed by atoms with van der Waals surface area (Å²) in [5, 5.41) is 0. The molecule has 0 aromatic heterocycles. The van der Waals surface area contributed by atoms with E-state index >= 15 is 0 Å². The second-order valence-electron chi connectivity index (χ2n) is 8.36. The molecule has 0 N–H and O–H groups in total. The molecule has 0 saturated carbocycles. The van der Waals surface area contributed by atoms with Gasteiger partial charge in [0.25, 0.3) is 0 Å². The van der Waals surface area contributed by atoms with Crippen LogP contribution in [0.2, 0.25) is 0 Å². The van der Waals surface area contributed by atoms with E-state index in [0.717, 1.165) is 11.5 Å². The van der Waals surface area contributed by atoms with Crippen molar-refractivity contribution in [2.45, 2.75) is 19.3 Å². The Balaban J connectivity index is 1.97. The number of benzene rings is 4. The molecule has 4 aromatic carbocycles. The van der Waals surface area contributed by atoms with Crippen molar-refractivity contribution in [1.82, 2.24) is 0 Å². The van der Waals surface area contributed by atoms with Crippen LogP contribution in [-0.4, -0.2) is 0 Å². The smallest absolute Gasteiger partial charge is 0.126 e. The fourth-order valence-electron chi connectivity index (χ4n) is 5.31. The van der Waals surface area contributed by atoms with E-state index in [1.807, 2.05) is 12.1 Å². The minimum Gasteiger partial charge on any atom is -0.466 e. The van der Waals surface area contributed by atoms with Gasteiger partial charge in [-0.2, -0.15) is 0 Å². The van der Waals surface area contributed by atoms with Crippen molar-refractivity contribution in [3.63, 3.8) is 0 Å². The maximum Gasteiger partial charge on any atom is 0.126 e. The number of hydrogen-bond acceptors (Lipinski definition) is 2. The third kappa shape index (κ3) is 3.10. The molecule has 2 nitrogen and oxygen atoms in total. The minimum atomic E-state index is -0.525. The van der Waals surface area contributed by atoms with Gasteiger partial charge in [0.05, 0.1) is 17.9 Å². The van der Waals surface area contributed by atoms with Crippen LogP contribution in [0, 0.1) is 13.8 Å². The van der Waals surface area contributed by atoms with Crippen molar-refractivity contribution in [3.05, 3.63) is 144 Å². The molecule has 5 rings (SSSR count). The summed E-state index contributed by atoms with van der Waals surface area (Å²) >= 11 is 0. The van der Waals surface area contributed by atoms with Gasteiger partial charge < -0.3 is 9.47 Å². The van der Waals surface area contributed by atoms with Gasteiger partial charge in [0.15, 0.2) is 0 Å². The first kappa shape index (κ1) is 20.8. The van der Waals surface area contributed by atoms with Gasteiger partial charge in [-0.25, -0.2) is 0 Å². The first-order valence-electron chi connectivity index (χ1n) is 11.1. The molecule has 0 spiro atoms. The molecule has 0 atom stereocenters. The Bertz CT molecular complexity index is 1270. The number of aryl methyl sites for hydroxylation is 2. The highest BCUT2D eigenvalue weighted by atomic mass is 16.5. The largest absolute Gasteiger partial charge is 0.466 e. The molecule has 2 heteroatoms. The molecule has 0 amide bonds. The minimum absolute atomic E-state index is 0.525. The zero-order chi connectivity index (χ0) is 23.0. The summed E-state index contributed by atoms with van der Waals surface area (Å²) in [6.45, 7) is 11.8. The summed E-state index contributed by atoms with van der Waals surface area (Å²) in [5.41, 5.74) is 9.21. The van der Waals surface area contributed by atoms with Gasteiger partial charge in [0, 0.05) is 0 Å². The Morgan fingerprint density at radius 1 is 0.576 bits per heavy atom. The molecule has 4 aromatic rings. The van der Waals surface area contributed by atoms with Gasteiger partial charge >= 0.3 is 0 Å². The van der Waals surface area contributed by atoms with Crippen LogP contribution in [0.5, 0.6) is 11.5 Å². The molecule has 0 bridgehead atoms. The standard InChI is InChI=1S/C31H26O2/c1-5-32-23-17-15-21(3)29(19-23)31(30-20-24(33-6-2)18-16-22(30)4)27-13-9-7-11-25(27)26-12-8-10-14-28(26)31/h5-20H,1-2H2,3-4H3. The number of ether oxygens (including phenoxy) is 2. The van der Waals surface area contributed by atoms with Crippen LogP contribution in [-0.2, 0) is 5.41 Å². The van der Waals surface area contributed by atoms with Gasteiger partial charge in [-0.3, -0.25) is 0 Å². The lowest BCUT2D eigenvalue weighted by atomic mass is 9.65. The van der Waals surface area contributed by atoms with Gasteiger partial charge in [0.2, 0.25) is 0 Å². The highest BCUT2D eigenvalue weighted by Crippen LogP contribution is 2.57. The third-order valence-corrected chi connectivity index (χ3v) is 6.62. The number of hydrogen-bond donors (Lipinski definition) is 0. The molecule has 33 heavy (non-hydrogen) atoms. The lowest BCUT2D eigenvalue weighted by Gasteiger charge is -2.36. The van der Waals surface area contributed by atoms with Gasteiger partial charge in [-0.15, -0.1) is 0 Å². The van der Waals surface area contributed by atoms with Crippen LogP contribution in [0.15, 0.2) is 111 Å². The molecule has 1 aliphatic rings. The predicted molar refractivity (Wildman–Crippen MR) is 135 cm³/mol. The van der Waals surface area contributed by atoms with E-state index in [-0.39, 0.29) is 0 Å². The quantitative estimate of drug-likeness (QED) is 0.257. The van der Waals surface area contributed by atoms with E-state index in [0.29, 0.717) is 0 Å². The Morgan fingerprint density at radius 2 is 1.00 bits per heavy atom. The molecule has 0 unspecified atom stereocenters. The Kier molecular flexibility index (Phi) is 5.14. The fraction of sp³-hybridized carbons (Fsp3) is 0.0968. The highest BCUT2D eigenvalue weighted by molar-refractivity contribution is 5.87. The maximum atomic E-state index is 5.74. The normalized spacial score (nSPS) is 13.0. The van der Waals surface area contributed by atoms with E-state index < -0.39 is 5.41 Å². The summed E-state index contributed by atoms with van der Waals surface area (Å²) in [5.74, 6) is 1.53. The Labute approximate surface area is 195 Å². The van der Waals surface area contributed by atoms with Crippen LogP contribution >= 0.6 is 0 Å². The molecule has 0 heterocycles. The highest BCUT2D eigenvalue weighted by Gasteiger charge is 2.47. The summed E-state index contributed by atoms with van der Waals surface area (Å²) < 4.78 is 11.5. The van der Waals surface area contributed by atoms with E-state index in [2.05, 4.69) is 99.8 Å². The summed E-state index contributed by atoms with van der Waals surface area (Å²) in [6, 6.07) is 29.9. The topological polar surface area (TPSA) is 18.5 Å². The summed E-state index contributed by atoms with van der Waals surface area (Å²) in [6.07, 6.45) is 2.95. The van der Waals surface area contributed by atoms with E-state index in [1.54, 1.807) is 0 Å². The zero-order valence-electron chi connectivity index (χ0n) is 19.0. The van der Waals surface area contributed by atoms with Crippen molar-refractivity contribution < 1.29 is 9.47 Å². The third-order valence-electron chi connectivity index (χ3n) is 6.62. The van der Waals surface area contributed by atoms with Crippen molar-refractivity contribution >= 4 is 0 Å². The summed E-state index contributed by atoms with van der Waals surface area (Å²) in [7, 11) is 0. The predicted octanol–water partition coefficient (Wildman–Crippen LogP) is 7.71. The van der Waals surface area contributed by atoms with Crippen molar-refractivity contribution in [2.75, 3.05) is 0 Å². The molecule has 0 fully saturated rings. The number of rotatable bonds is 6.